The summed E-state index contributed by atoms with van der Waals surface area (Å²) < 4.78 is 6.36. The Labute approximate surface area is 293 Å². The van der Waals surface area contributed by atoms with Crippen LogP contribution >= 0.6 is 34.0 Å². The number of benzene rings is 4. The summed E-state index contributed by atoms with van der Waals surface area (Å²) in [5, 5.41) is 6.52. The molecule has 0 saturated heterocycles. The minimum atomic E-state index is -0.0686. The molecule has 224 valence electrons. The number of thiophene rings is 3. The second-order valence-electron chi connectivity index (χ2n) is 12.4. The molecule has 0 radical (unpaired) electrons. The Bertz CT molecular complexity index is 2590. The van der Waals surface area contributed by atoms with Crippen molar-refractivity contribution >= 4 is 83.8 Å². The van der Waals surface area contributed by atoms with Gasteiger partial charge in [0.25, 0.3) is 0 Å². The summed E-state index contributed by atoms with van der Waals surface area (Å²) in [6, 6.07) is 41.8. The number of fused-ring (bicyclic) bond motifs is 8. The van der Waals surface area contributed by atoms with Crippen molar-refractivity contribution in [1.29, 1.82) is 0 Å². The molecule has 4 aromatic carbocycles. The zero-order valence-electron chi connectivity index (χ0n) is 25.3. The van der Waals surface area contributed by atoms with Crippen LogP contribution in [0.3, 0.4) is 0 Å². The molecule has 46 heavy (non-hydrogen) atoms. The minimum absolute atomic E-state index is 0. The maximum absolute atomic E-state index is 5.43. The van der Waals surface area contributed by atoms with Crippen molar-refractivity contribution in [1.82, 2.24) is 9.97 Å². The number of rotatable bonds is 3. The fourth-order valence-electron chi connectivity index (χ4n) is 6.36. The molecule has 0 saturated carbocycles. The number of hydrogen-bond acceptors (Lipinski definition) is 5. The second-order valence-corrected chi connectivity index (χ2v) is 15.8. The Morgan fingerprint density at radius 3 is 2.09 bits per heavy atom. The van der Waals surface area contributed by atoms with E-state index in [1.807, 2.05) is 58.4 Å². The van der Waals surface area contributed by atoms with E-state index in [9.17, 15) is 0 Å². The van der Waals surface area contributed by atoms with Gasteiger partial charge in [0.15, 0.2) is 0 Å². The van der Waals surface area contributed by atoms with Crippen LogP contribution in [0.2, 0.25) is 0 Å². The van der Waals surface area contributed by atoms with E-state index in [4.69, 9.17) is 4.98 Å². The normalized spacial score (nSPS) is 12.1. The summed E-state index contributed by atoms with van der Waals surface area (Å²) in [5.41, 5.74) is 7.02. The van der Waals surface area contributed by atoms with Gasteiger partial charge in [-0.15, -0.1) is 81.5 Å². The van der Waals surface area contributed by atoms with Gasteiger partial charge in [-0.05, 0) is 61.2 Å². The van der Waals surface area contributed by atoms with E-state index in [1.54, 1.807) is 0 Å². The molecule has 0 bridgehead atoms. The van der Waals surface area contributed by atoms with Crippen molar-refractivity contribution in [3.63, 3.8) is 0 Å². The average molecular weight is 826 g/mol. The molecule has 9 aromatic rings. The third-order valence-electron chi connectivity index (χ3n) is 8.48. The van der Waals surface area contributed by atoms with E-state index in [1.165, 1.54) is 55.3 Å². The molecule has 6 heteroatoms. The quantitative estimate of drug-likeness (QED) is 0.166. The fraction of sp³-hybridized carbons (Fsp3) is 0.100. The van der Waals surface area contributed by atoms with Crippen molar-refractivity contribution in [2.24, 2.45) is 0 Å². The van der Waals surface area contributed by atoms with Crippen molar-refractivity contribution < 1.29 is 21.1 Å². The summed E-state index contributed by atoms with van der Waals surface area (Å²) in [4.78, 5) is 10.0. The van der Waals surface area contributed by atoms with Crippen molar-refractivity contribution in [3.8, 4) is 33.8 Å². The predicted octanol–water partition coefficient (Wildman–Crippen LogP) is 12.3. The molecule has 0 N–H and O–H groups in total. The van der Waals surface area contributed by atoms with Crippen molar-refractivity contribution in [2.45, 2.75) is 26.2 Å². The number of aromatic nitrogens is 2. The van der Waals surface area contributed by atoms with E-state index in [0.717, 1.165) is 33.8 Å². The van der Waals surface area contributed by atoms with Crippen LogP contribution in [0.4, 0.5) is 0 Å². The van der Waals surface area contributed by atoms with E-state index in [-0.39, 0.29) is 26.5 Å². The van der Waals surface area contributed by atoms with Crippen LogP contribution in [0, 0.1) is 12.1 Å². The molecule has 0 amide bonds. The third kappa shape index (κ3) is 4.76. The van der Waals surface area contributed by atoms with Gasteiger partial charge in [0.2, 0.25) is 0 Å². The largest absolute Gasteiger partial charge is 2.00 e. The maximum Gasteiger partial charge on any atom is 2.00 e. The molecule has 0 unspecified atom stereocenters. The van der Waals surface area contributed by atoms with Crippen LogP contribution in [0.15, 0.2) is 103 Å². The zero-order chi connectivity index (χ0) is 30.3. The molecular formula is C40H26N2PtS3. The van der Waals surface area contributed by atoms with Gasteiger partial charge in [-0.1, -0.05) is 91.9 Å². The fourth-order valence-corrected chi connectivity index (χ4v) is 10.1. The second kappa shape index (κ2) is 11.2. The standard InChI is InChI=1S/C40H26N2S3.Pt/c1-40(2,3)29-20-25(21-34-36(29)35-27-14-5-7-17-33(27)44-39(35)45-34)37-38-28(26-13-4-6-16-32(26)43-38)22-31(42-37)24-12-10-11-23(19-24)30-15-8-9-18-41-30;/h4-18,20,22H,1-3H3;/q-2;+2. The van der Waals surface area contributed by atoms with Gasteiger partial charge in [-0.2, -0.15) is 0 Å². The first kappa shape index (κ1) is 29.7. The summed E-state index contributed by atoms with van der Waals surface area (Å²) in [6.45, 7) is 6.96. The first-order chi connectivity index (χ1) is 21.9. The monoisotopic (exact) mass is 825 g/mol. The van der Waals surface area contributed by atoms with Gasteiger partial charge in [0, 0.05) is 26.0 Å². The van der Waals surface area contributed by atoms with Crippen LogP contribution in [0.1, 0.15) is 26.3 Å². The Hall–Kier alpha value is -3.73. The van der Waals surface area contributed by atoms with Crippen molar-refractivity contribution in [3.05, 3.63) is 121 Å². The predicted molar refractivity (Wildman–Crippen MR) is 196 cm³/mol. The topological polar surface area (TPSA) is 25.8 Å². The molecule has 2 nitrogen and oxygen atoms in total. The van der Waals surface area contributed by atoms with E-state index in [2.05, 4.69) is 117 Å². The van der Waals surface area contributed by atoms with Gasteiger partial charge in [-0.3, -0.25) is 4.98 Å². The molecule has 0 atom stereocenters. The van der Waals surface area contributed by atoms with Crippen LogP contribution in [-0.4, -0.2) is 9.97 Å². The molecule has 5 heterocycles. The van der Waals surface area contributed by atoms with Crippen LogP contribution in [0.5, 0.6) is 0 Å². The minimum Gasteiger partial charge on any atom is -0.334 e. The summed E-state index contributed by atoms with van der Waals surface area (Å²) >= 11 is 5.57. The Kier molecular flexibility index (Phi) is 7.23. The molecule has 0 aliphatic rings. The smallest absolute Gasteiger partial charge is 0.334 e. The first-order valence-electron chi connectivity index (χ1n) is 15.0. The Morgan fingerprint density at radius 1 is 0.609 bits per heavy atom. The van der Waals surface area contributed by atoms with Gasteiger partial charge >= 0.3 is 21.1 Å². The summed E-state index contributed by atoms with van der Waals surface area (Å²) in [5.74, 6) is 0. The van der Waals surface area contributed by atoms with Crippen LogP contribution in [0.25, 0.3) is 83.5 Å². The van der Waals surface area contributed by atoms with E-state index in [0.29, 0.717) is 0 Å². The molecule has 0 fully saturated rings. The zero-order valence-corrected chi connectivity index (χ0v) is 30.0. The van der Waals surface area contributed by atoms with Gasteiger partial charge in [0.05, 0.1) is 4.01 Å². The number of nitrogens with zero attached hydrogens (tertiary/aromatic N) is 2. The first-order valence-corrected chi connectivity index (χ1v) is 17.4. The Morgan fingerprint density at radius 2 is 1.33 bits per heavy atom. The van der Waals surface area contributed by atoms with E-state index < -0.39 is 0 Å². The van der Waals surface area contributed by atoms with Crippen LogP contribution < -0.4 is 0 Å². The Balaban J connectivity index is 0.00000312. The molecule has 9 rings (SSSR count). The molecule has 0 aliphatic heterocycles. The number of hydrogen-bond donors (Lipinski definition) is 0. The molecule has 0 aliphatic carbocycles. The molecular weight excluding hydrogens is 800 g/mol. The van der Waals surface area contributed by atoms with E-state index >= 15 is 0 Å². The SMILES string of the molecule is CC(C)(C)c1cc(-c2nc(-c3[c-]c(-c4ccccn4)ccc3)cc3c2sc2ccccc23)[c-]c2sc3sc4ccccc4c3c12.[Pt+2]. The van der Waals surface area contributed by atoms with Gasteiger partial charge < -0.3 is 4.98 Å². The van der Waals surface area contributed by atoms with Crippen molar-refractivity contribution in [2.75, 3.05) is 0 Å². The molecule has 0 spiro atoms. The van der Waals surface area contributed by atoms with Crippen LogP contribution in [-0.2, 0) is 26.5 Å². The van der Waals surface area contributed by atoms with Gasteiger partial charge in [0.1, 0.15) is 0 Å². The molecule has 5 aromatic heterocycles. The summed E-state index contributed by atoms with van der Waals surface area (Å²) in [7, 11) is 0. The average Bonchev–Trinajstić information content (AvgIpc) is 3.73. The third-order valence-corrected chi connectivity index (χ3v) is 12.0. The number of pyridine rings is 2. The summed E-state index contributed by atoms with van der Waals surface area (Å²) in [6.07, 6.45) is 1.83. The van der Waals surface area contributed by atoms with Gasteiger partial charge in [-0.25, -0.2) is 0 Å². The maximum atomic E-state index is 5.43.